The van der Waals surface area contributed by atoms with Crippen molar-refractivity contribution in [3.8, 4) is 28.4 Å². The number of ether oxygens (including phenoxy) is 2. The van der Waals surface area contributed by atoms with Gasteiger partial charge in [0.1, 0.15) is 29.0 Å². The molecule has 0 saturated heterocycles. The number of nitrogens with zero attached hydrogens (tertiary/aromatic N) is 3. The van der Waals surface area contributed by atoms with E-state index in [9.17, 15) is 19.1 Å². The number of carboxylic acid groups (broad SMARTS) is 1. The first-order valence-electron chi connectivity index (χ1n) is 14.9. The average molecular weight is 665 g/mol. The Morgan fingerprint density at radius 1 is 0.978 bits per heavy atom. The monoisotopic (exact) mass is 664 g/mol. The number of halogens is 2. The lowest BCUT2D eigenvalue weighted by atomic mass is 9.95. The van der Waals surface area contributed by atoms with E-state index in [4.69, 9.17) is 20.2 Å². The van der Waals surface area contributed by atoms with E-state index in [1.807, 2.05) is 30.3 Å². The normalized spacial score (nSPS) is 13.4. The third-order valence-corrected chi connectivity index (χ3v) is 9.00. The van der Waals surface area contributed by atoms with Gasteiger partial charge in [-0.3, -0.25) is 4.79 Å². The molecule has 0 unspecified atom stereocenters. The standard InChI is InChI=1S/C34H33FN4O5S.ClH/c35-24-11-6-21(7-12-24)32-29(45-31(38-32)20-43-19-30(36)40)16-17-44-26-13-8-22(9-14-26)33-37-27-18-23(34(41)42)10-15-28(27)39(33)25-4-2-1-3-5-25;/h6-15,18,25H,1-5,16-17,19-20H2,(H2,36,40)(H,41,42);1H. The number of carbonyl (C=O) groups excluding carboxylic acids is 1. The molecule has 1 aliphatic carbocycles. The summed E-state index contributed by atoms with van der Waals surface area (Å²) < 4.78 is 27.3. The van der Waals surface area contributed by atoms with Gasteiger partial charge in [-0.25, -0.2) is 19.2 Å². The number of amides is 1. The zero-order chi connectivity index (χ0) is 31.3. The Balaban J connectivity index is 0.00000417. The van der Waals surface area contributed by atoms with Crippen molar-refractivity contribution in [1.82, 2.24) is 14.5 Å². The minimum Gasteiger partial charge on any atom is -0.493 e. The largest absolute Gasteiger partial charge is 0.493 e. The molecular formula is C34H34ClFN4O5S. The summed E-state index contributed by atoms with van der Waals surface area (Å²) in [6, 6.07) is 19.4. The molecule has 2 aromatic heterocycles. The Kier molecular flexibility index (Phi) is 10.7. The van der Waals surface area contributed by atoms with E-state index >= 15 is 0 Å². The molecule has 0 radical (unpaired) electrons. The first kappa shape index (κ1) is 33.1. The predicted octanol–water partition coefficient (Wildman–Crippen LogP) is 7.21. The van der Waals surface area contributed by atoms with Crippen molar-refractivity contribution in [2.75, 3.05) is 13.2 Å². The van der Waals surface area contributed by atoms with Gasteiger partial charge < -0.3 is 24.9 Å². The quantitative estimate of drug-likeness (QED) is 0.144. The lowest BCUT2D eigenvalue weighted by Crippen LogP contribution is -2.17. The zero-order valence-corrected chi connectivity index (χ0v) is 26.6. The number of primary amides is 1. The highest BCUT2D eigenvalue weighted by molar-refractivity contribution is 7.12. The van der Waals surface area contributed by atoms with Crippen molar-refractivity contribution in [1.29, 1.82) is 0 Å². The molecule has 3 N–H and O–H groups in total. The fourth-order valence-corrected chi connectivity index (χ4v) is 6.82. The van der Waals surface area contributed by atoms with Gasteiger partial charge in [0.25, 0.3) is 0 Å². The van der Waals surface area contributed by atoms with Crippen LogP contribution in [0.25, 0.3) is 33.7 Å². The molecule has 0 spiro atoms. The fraction of sp³-hybridized carbons (Fsp3) is 0.294. The summed E-state index contributed by atoms with van der Waals surface area (Å²) in [6.07, 6.45) is 6.24. The van der Waals surface area contributed by atoms with E-state index in [0.29, 0.717) is 35.3 Å². The van der Waals surface area contributed by atoms with Crippen LogP contribution in [-0.2, 0) is 22.6 Å². The smallest absolute Gasteiger partial charge is 0.335 e. The number of rotatable bonds is 12. The van der Waals surface area contributed by atoms with Gasteiger partial charge in [0.05, 0.1) is 35.5 Å². The third kappa shape index (κ3) is 7.55. The van der Waals surface area contributed by atoms with Gasteiger partial charge in [-0.1, -0.05) is 19.3 Å². The number of aromatic nitrogens is 3. The molecule has 1 aliphatic rings. The SMILES string of the molecule is Cl.NC(=O)COCc1nc(-c2ccc(F)cc2)c(CCOc2ccc(-c3nc4cc(C(=O)O)ccc4n3C3CCCCC3)cc2)s1. The van der Waals surface area contributed by atoms with Gasteiger partial charge in [-0.05, 0) is 79.6 Å². The summed E-state index contributed by atoms with van der Waals surface area (Å²) >= 11 is 1.46. The second-order valence-electron chi connectivity index (χ2n) is 11.1. The highest BCUT2D eigenvalue weighted by Crippen LogP contribution is 2.37. The van der Waals surface area contributed by atoms with Crippen LogP contribution in [0.15, 0.2) is 66.7 Å². The molecule has 0 bridgehead atoms. The zero-order valence-electron chi connectivity index (χ0n) is 25.0. The third-order valence-electron chi connectivity index (χ3n) is 7.92. The molecule has 9 nitrogen and oxygen atoms in total. The van der Waals surface area contributed by atoms with Crippen molar-refractivity contribution in [3.63, 3.8) is 0 Å². The Hall–Kier alpha value is -4.32. The summed E-state index contributed by atoms with van der Waals surface area (Å²) in [5.41, 5.74) is 9.47. The molecule has 3 aromatic carbocycles. The maximum absolute atomic E-state index is 13.6. The van der Waals surface area contributed by atoms with Crippen molar-refractivity contribution >= 4 is 46.7 Å². The molecule has 0 aliphatic heterocycles. The van der Waals surface area contributed by atoms with E-state index in [1.54, 1.807) is 24.3 Å². The molecule has 1 saturated carbocycles. The van der Waals surface area contributed by atoms with Crippen LogP contribution in [0.5, 0.6) is 5.75 Å². The van der Waals surface area contributed by atoms with E-state index in [2.05, 4.69) is 9.55 Å². The summed E-state index contributed by atoms with van der Waals surface area (Å²) in [5.74, 6) is -0.325. The number of aromatic carboxylic acids is 1. The van der Waals surface area contributed by atoms with Crippen LogP contribution in [0.4, 0.5) is 4.39 Å². The number of thiazole rings is 1. The Bertz CT molecular complexity index is 1820. The Morgan fingerprint density at radius 3 is 2.39 bits per heavy atom. The van der Waals surface area contributed by atoms with Crippen molar-refractivity contribution in [2.24, 2.45) is 5.73 Å². The van der Waals surface area contributed by atoms with Crippen molar-refractivity contribution in [3.05, 3.63) is 88.0 Å². The lowest BCUT2D eigenvalue weighted by molar-refractivity contribution is -0.122. The van der Waals surface area contributed by atoms with Crippen LogP contribution in [0.3, 0.4) is 0 Å². The molecule has 12 heteroatoms. The number of fused-ring (bicyclic) bond motifs is 1. The summed E-state index contributed by atoms with van der Waals surface area (Å²) in [5, 5.41) is 10.2. The van der Waals surface area contributed by atoms with E-state index < -0.39 is 11.9 Å². The van der Waals surface area contributed by atoms with Crippen LogP contribution < -0.4 is 10.5 Å². The van der Waals surface area contributed by atoms with Crippen LogP contribution in [0, 0.1) is 5.82 Å². The molecule has 0 atom stereocenters. The Labute approximate surface area is 275 Å². The molecule has 240 valence electrons. The highest BCUT2D eigenvalue weighted by atomic mass is 35.5. The van der Waals surface area contributed by atoms with Crippen LogP contribution in [0.2, 0.25) is 0 Å². The minimum absolute atomic E-state index is 0. The van der Waals surface area contributed by atoms with Gasteiger partial charge in [0.15, 0.2) is 0 Å². The molecule has 1 amide bonds. The number of hydrogen-bond acceptors (Lipinski definition) is 7. The molecule has 6 rings (SSSR count). The minimum atomic E-state index is -0.970. The molecule has 1 fully saturated rings. The Morgan fingerprint density at radius 2 is 1.70 bits per heavy atom. The maximum Gasteiger partial charge on any atom is 0.335 e. The molecule has 2 heterocycles. The van der Waals surface area contributed by atoms with Crippen LogP contribution in [-0.4, -0.2) is 44.7 Å². The van der Waals surface area contributed by atoms with E-state index in [-0.39, 0.29) is 37.0 Å². The van der Waals surface area contributed by atoms with Crippen molar-refractivity contribution < 1.29 is 28.6 Å². The maximum atomic E-state index is 13.6. The average Bonchev–Trinajstić information content (AvgIpc) is 3.63. The topological polar surface area (TPSA) is 130 Å². The number of carbonyl (C=O) groups is 2. The van der Waals surface area contributed by atoms with Crippen LogP contribution in [0.1, 0.15) is 58.4 Å². The van der Waals surface area contributed by atoms with Gasteiger partial charge in [-0.15, -0.1) is 23.7 Å². The highest BCUT2D eigenvalue weighted by Gasteiger charge is 2.23. The van der Waals surface area contributed by atoms with E-state index in [1.165, 1.54) is 29.9 Å². The number of nitrogens with two attached hydrogens (primary N) is 1. The summed E-state index contributed by atoms with van der Waals surface area (Å²) in [7, 11) is 0. The number of hydrogen-bond donors (Lipinski definition) is 2. The molecular weight excluding hydrogens is 631 g/mol. The first-order chi connectivity index (χ1) is 21.9. The van der Waals surface area contributed by atoms with Gasteiger partial charge in [0, 0.05) is 28.5 Å². The second-order valence-corrected chi connectivity index (χ2v) is 12.2. The lowest BCUT2D eigenvalue weighted by Gasteiger charge is -2.25. The number of carboxylic acids is 1. The number of imidazole rings is 1. The number of benzene rings is 3. The van der Waals surface area contributed by atoms with Gasteiger partial charge in [-0.2, -0.15) is 0 Å². The first-order valence-corrected chi connectivity index (χ1v) is 15.8. The van der Waals surface area contributed by atoms with E-state index in [0.717, 1.165) is 58.7 Å². The summed E-state index contributed by atoms with van der Waals surface area (Å²) in [6.45, 7) is 0.337. The predicted molar refractivity (Wildman–Crippen MR) is 177 cm³/mol. The summed E-state index contributed by atoms with van der Waals surface area (Å²) in [4.78, 5) is 33.2. The molecule has 46 heavy (non-hydrogen) atoms. The molecule has 5 aromatic rings. The van der Waals surface area contributed by atoms with Crippen LogP contribution >= 0.6 is 23.7 Å². The second kappa shape index (κ2) is 14.8. The fourth-order valence-electron chi connectivity index (χ4n) is 5.81. The van der Waals surface area contributed by atoms with Gasteiger partial charge >= 0.3 is 5.97 Å². The van der Waals surface area contributed by atoms with Gasteiger partial charge in [0.2, 0.25) is 5.91 Å². The van der Waals surface area contributed by atoms with Crippen molar-refractivity contribution in [2.45, 2.75) is 51.2 Å².